The summed E-state index contributed by atoms with van der Waals surface area (Å²) in [4.78, 5) is 8.34. The number of thioether (sulfide) groups is 1. The Morgan fingerprint density at radius 3 is 3.00 bits per heavy atom. The van der Waals surface area contributed by atoms with Crippen LogP contribution in [0.3, 0.4) is 0 Å². The molecule has 6 heteroatoms. The smallest absolute Gasteiger partial charge is 0.187 e. The standard InChI is InChI=1S/C11H18N2O3S/c1-9-3-4-12-11(13-9)17-8-10(14)7-16-6-5-15-2/h3-4,10,14H,5-8H2,1-2H3. The van der Waals surface area contributed by atoms with Crippen molar-refractivity contribution in [3.05, 3.63) is 18.0 Å². The Labute approximate surface area is 106 Å². The van der Waals surface area contributed by atoms with Gasteiger partial charge in [0.05, 0.1) is 25.9 Å². The Balaban J connectivity index is 2.17. The first-order valence-electron chi connectivity index (χ1n) is 5.39. The van der Waals surface area contributed by atoms with Crippen molar-refractivity contribution in [1.29, 1.82) is 0 Å². The van der Waals surface area contributed by atoms with Crippen LogP contribution in [0.1, 0.15) is 5.69 Å². The predicted octanol–water partition coefficient (Wildman–Crippen LogP) is 0.901. The minimum atomic E-state index is -0.513. The quantitative estimate of drug-likeness (QED) is 0.424. The van der Waals surface area contributed by atoms with Gasteiger partial charge in [-0.25, -0.2) is 9.97 Å². The average molecular weight is 258 g/mol. The topological polar surface area (TPSA) is 64.5 Å². The van der Waals surface area contributed by atoms with Crippen LogP contribution in [0, 0.1) is 6.92 Å². The first-order chi connectivity index (χ1) is 8.22. The van der Waals surface area contributed by atoms with Gasteiger partial charge in [-0.1, -0.05) is 11.8 Å². The lowest BCUT2D eigenvalue weighted by Gasteiger charge is -2.10. The third kappa shape index (κ3) is 6.58. The van der Waals surface area contributed by atoms with Crippen LogP contribution in [0.2, 0.25) is 0 Å². The van der Waals surface area contributed by atoms with E-state index in [0.717, 1.165) is 5.69 Å². The molecule has 0 aliphatic carbocycles. The largest absolute Gasteiger partial charge is 0.390 e. The number of methoxy groups -OCH3 is 1. The zero-order valence-electron chi connectivity index (χ0n) is 10.1. The van der Waals surface area contributed by atoms with Gasteiger partial charge < -0.3 is 14.6 Å². The fourth-order valence-electron chi connectivity index (χ4n) is 1.08. The van der Waals surface area contributed by atoms with E-state index in [9.17, 15) is 5.11 Å². The van der Waals surface area contributed by atoms with Gasteiger partial charge in [-0.2, -0.15) is 0 Å². The molecular formula is C11H18N2O3S. The van der Waals surface area contributed by atoms with Crippen LogP contribution in [-0.4, -0.2) is 53.9 Å². The van der Waals surface area contributed by atoms with Gasteiger partial charge in [-0.3, -0.25) is 0 Å². The molecule has 1 rings (SSSR count). The summed E-state index contributed by atoms with van der Waals surface area (Å²) in [5, 5.41) is 10.3. The summed E-state index contributed by atoms with van der Waals surface area (Å²) in [6.07, 6.45) is 1.20. The molecule has 0 fully saturated rings. The van der Waals surface area contributed by atoms with Crippen molar-refractivity contribution < 1.29 is 14.6 Å². The Morgan fingerprint density at radius 1 is 1.47 bits per heavy atom. The van der Waals surface area contributed by atoms with E-state index in [1.54, 1.807) is 13.3 Å². The molecule has 0 aliphatic rings. The van der Waals surface area contributed by atoms with Gasteiger partial charge >= 0.3 is 0 Å². The van der Waals surface area contributed by atoms with Crippen LogP contribution in [0.25, 0.3) is 0 Å². The highest BCUT2D eigenvalue weighted by Crippen LogP contribution is 2.13. The number of ether oxygens (including phenoxy) is 2. The van der Waals surface area contributed by atoms with E-state index in [0.29, 0.717) is 30.7 Å². The van der Waals surface area contributed by atoms with Gasteiger partial charge in [0.2, 0.25) is 0 Å². The molecule has 0 bridgehead atoms. The Hall–Kier alpha value is -0.690. The van der Waals surface area contributed by atoms with Crippen molar-refractivity contribution in [3.8, 4) is 0 Å². The van der Waals surface area contributed by atoms with E-state index in [1.165, 1.54) is 11.8 Å². The van der Waals surface area contributed by atoms with E-state index in [4.69, 9.17) is 9.47 Å². The maximum absolute atomic E-state index is 9.64. The molecule has 0 aliphatic heterocycles. The third-order valence-electron chi connectivity index (χ3n) is 1.92. The summed E-state index contributed by atoms with van der Waals surface area (Å²) < 4.78 is 10.1. The highest BCUT2D eigenvalue weighted by molar-refractivity contribution is 7.99. The average Bonchev–Trinajstić information content (AvgIpc) is 2.32. The number of rotatable bonds is 8. The highest BCUT2D eigenvalue weighted by atomic mass is 32.2. The van der Waals surface area contributed by atoms with Gasteiger partial charge in [0.1, 0.15) is 0 Å². The van der Waals surface area contributed by atoms with E-state index in [-0.39, 0.29) is 0 Å². The number of hydrogen-bond donors (Lipinski definition) is 1. The molecule has 1 atom stereocenters. The molecule has 17 heavy (non-hydrogen) atoms. The summed E-state index contributed by atoms with van der Waals surface area (Å²) in [7, 11) is 1.62. The Morgan fingerprint density at radius 2 is 2.29 bits per heavy atom. The molecule has 1 unspecified atom stereocenters. The molecule has 0 saturated carbocycles. The first kappa shape index (κ1) is 14.4. The molecular weight excluding hydrogens is 240 g/mol. The normalized spacial score (nSPS) is 12.6. The lowest BCUT2D eigenvalue weighted by atomic mass is 10.4. The third-order valence-corrected chi connectivity index (χ3v) is 2.93. The number of aromatic nitrogens is 2. The number of hydrogen-bond acceptors (Lipinski definition) is 6. The number of aryl methyl sites for hydroxylation is 1. The number of aliphatic hydroxyl groups is 1. The van der Waals surface area contributed by atoms with Crippen molar-refractivity contribution in [2.24, 2.45) is 0 Å². The fraction of sp³-hybridized carbons (Fsp3) is 0.636. The van der Waals surface area contributed by atoms with E-state index >= 15 is 0 Å². The second-order valence-corrected chi connectivity index (χ2v) is 4.50. The number of aliphatic hydroxyl groups excluding tert-OH is 1. The first-order valence-corrected chi connectivity index (χ1v) is 6.38. The fourth-order valence-corrected chi connectivity index (χ4v) is 1.86. The van der Waals surface area contributed by atoms with Crippen molar-refractivity contribution >= 4 is 11.8 Å². The van der Waals surface area contributed by atoms with Crippen molar-refractivity contribution in [1.82, 2.24) is 9.97 Å². The molecule has 0 saturated heterocycles. The number of nitrogens with zero attached hydrogens (tertiary/aromatic N) is 2. The molecule has 96 valence electrons. The van der Waals surface area contributed by atoms with Gasteiger partial charge in [0.15, 0.2) is 5.16 Å². The molecule has 0 spiro atoms. The second kappa shape index (κ2) is 8.41. The predicted molar refractivity (Wildman–Crippen MR) is 66.2 cm³/mol. The zero-order chi connectivity index (χ0) is 12.5. The molecule has 0 radical (unpaired) electrons. The molecule has 0 aromatic carbocycles. The Bertz CT molecular complexity index is 325. The SMILES string of the molecule is COCCOCC(O)CSc1nccc(C)n1. The second-order valence-electron chi connectivity index (χ2n) is 3.51. The highest BCUT2D eigenvalue weighted by Gasteiger charge is 2.06. The van der Waals surface area contributed by atoms with Crippen molar-refractivity contribution in [2.75, 3.05) is 32.7 Å². The van der Waals surface area contributed by atoms with Crippen molar-refractivity contribution in [3.63, 3.8) is 0 Å². The maximum atomic E-state index is 9.64. The minimum absolute atomic E-state index is 0.308. The van der Waals surface area contributed by atoms with Gasteiger partial charge in [-0.15, -0.1) is 0 Å². The maximum Gasteiger partial charge on any atom is 0.187 e. The van der Waals surface area contributed by atoms with Crippen LogP contribution in [0.4, 0.5) is 0 Å². The lowest BCUT2D eigenvalue weighted by Crippen LogP contribution is -2.19. The summed E-state index contributed by atoms with van der Waals surface area (Å²) in [5.41, 5.74) is 0.924. The molecule has 0 amide bonds. The van der Waals surface area contributed by atoms with E-state index in [1.807, 2.05) is 13.0 Å². The monoisotopic (exact) mass is 258 g/mol. The molecule has 1 heterocycles. The van der Waals surface area contributed by atoms with Crippen LogP contribution in [0.15, 0.2) is 17.4 Å². The molecule has 1 N–H and O–H groups in total. The van der Waals surface area contributed by atoms with E-state index < -0.39 is 6.10 Å². The molecule has 5 nitrogen and oxygen atoms in total. The van der Waals surface area contributed by atoms with Gasteiger partial charge in [0.25, 0.3) is 0 Å². The molecule has 1 aromatic rings. The zero-order valence-corrected chi connectivity index (χ0v) is 10.9. The lowest BCUT2D eigenvalue weighted by molar-refractivity contribution is 0.0218. The van der Waals surface area contributed by atoms with Gasteiger partial charge in [0, 0.05) is 24.8 Å². The summed E-state index contributed by atoms with van der Waals surface area (Å²) in [6, 6.07) is 1.84. The summed E-state index contributed by atoms with van der Waals surface area (Å²) in [5.74, 6) is 0.524. The van der Waals surface area contributed by atoms with Crippen LogP contribution >= 0.6 is 11.8 Å². The van der Waals surface area contributed by atoms with Crippen molar-refractivity contribution in [2.45, 2.75) is 18.2 Å². The Kier molecular flexibility index (Phi) is 7.11. The van der Waals surface area contributed by atoms with E-state index in [2.05, 4.69) is 9.97 Å². The molecule has 1 aromatic heterocycles. The summed E-state index contributed by atoms with van der Waals surface area (Å²) in [6.45, 7) is 3.26. The van der Waals surface area contributed by atoms with Crippen LogP contribution in [0.5, 0.6) is 0 Å². The minimum Gasteiger partial charge on any atom is -0.390 e. The van der Waals surface area contributed by atoms with Crippen LogP contribution < -0.4 is 0 Å². The van der Waals surface area contributed by atoms with Gasteiger partial charge in [-0.05, 0) is 13.0 Å². The van der Waals surface area contributed by atoms with Crippen LogP contribution in [-0.2, 0) is 9.47 Å². The summed E-state index contributed by atoms with van der Waals surface area (Å²) >= 11 is 1.42.